The smallest absolute Gasteiger partial charge is 0.0555 e. The van der Waals surface area contributed by atoms with E-state index >= 15 is 0 Å². The number of hydrogen-bond acceptors (Lipinski definition) is 0. The Kier molecular flexibility index (Phi) is 6.27. The summed E-state index contributed by atoms with van der Waals surface area (Å²) in [7, 11) is 0. The van der Waals surface area contributed by atoms with Gasteiger partial charge in [0.15, 0.2) is 0 Å². The fourth-order valence-electron chi connectivity index (χ4n) is 4.13. The summed E-state index contributed by atoms with van der Waals surface area (Å²) in [5.41, 5.74) is 6.33. The van der Waals surface area contributed by atoms with E-state index in [1.807, 2.05) is 25.2 Å². The SMILES string of the molecule is C/C(Cl)=C\C1C=C2/C=C\C3=CC4C=C(Cl)C(Cl)=CC4C=C3/C=C\C2=CC1/C=C/Cl. The van der Waals surface area contributed by atoms with Crippen molar-refractivity contribution in [1.82, 2.24) is 0 Å². The largest absolute Gasteiger partial charge is 0.0933 e. The maximum Gasteiger partial charge on any atom is 0.0555 e. The molecule has 0 aromatic rings. The molecule has 0 aliphatic heterocycles. The van der Waals surface area contributed by atoms with E-state index in [1.54, 1.807) is 5.54 Å². The van der Waals surface area contributed by atoms with E-state index in [2.05, 4.69) is 54.7 Å². The van der Waals surface area contributed by atoms with Crippen LogP contribution in [0.3, 0.4) is 0 Å². The predicted octanol–water partition coefficient (Wildman–Crippen LogP) is 8.46. The summed E-state index contributed by atoms with van der Waals surface area (Å²) in [6, 6.07) is 0. The van der Waals surface area contributed by atoms with Crippen LogP contribution in [0.1, 0.15) is 6.92 Å². The molecule has 0 N–H and O–H groups in total. The normalized spacial score (nSPS) is 33.5. The van der Waals surface area contributed by atoms with Gasteiger partial charge in [-0.15, -0.1) is 0 Å². The highest BCUT2D eigenvalue weighted by molar-refractivity contribution is 6.44. The van der Waals surface area contributed by atoms with Gasteiger partial charge in [0, 0.05) is 34.2 Å². The van der Waals surface area contributed by atoms with Crippen LogP contribution >= 0.6 is 46.4 Å². The Hall–Kier alpha value is -1.44. The van der Waals surface area contributed by atoms with Gasteiger partial charge in [-0.05, 0) is 29.2 Å². The van der Waals surface area contributed by atoms with Crippen molar-refractivity contribution in [1.29, 1.82) is 0 Å². The zero-order valence-electron chi connectivity index (χ0n) is 15.8. The quantitative estimate of drug-likeness (QED) is 0.386. The minimum atomic E-state index is 0.171. The highest BCUT2D eigenvalue weighted by Crippen LogP contribution is 2.40. The Morgan fingerprint density at radius 1 is 0.724 bits per heavy atom. The highest BCUT2D eigenvalue weighted by Gasteiger charge is 2.26. The molecule has 29 heavy (non-hydrogen) atoms. The summed E-state index contributed by atoms with van der Waals surface area (Å²) < 4.78 is 0. The minimum absolute atomic E-state index is 0.171. The second-order valence-corrected chi connectivity index (χ2v) is 9.23. The molecule has 4 aliphatic carbocycles. The maximum absolute atomic E-state index is 6.24. The van der Waals surface area contributed by atoms with Gasteiger partial charge < -0.3 is 0 Å². The van der Waals surface area contributed by atoms with E-state index in [9.17, 15) is 0 Å². The first-order chi connectivity index (χ1) is 13.9. The van der Waals surface area contributed by atoms with E-state index < -0.39 is 0 Å². The summed E-state index contributed by atoms with van der Waals surface area (Å²) in [5, 5.41) is 2.02. The van der Waals surface area contributed by atoms with Crippen molar-refractivity contribution in [3.63, 3.8) is 0 Å². The van der Waals surface area contributed by atoms with Crippen molar-refractivity contribution in [2.75, 3.05) is 0 Å². The maximum atomic E-state index is 6.24. The van der Waals surface area contributed by atoms with E-state index in [0.717, 1.165) is 5.03 Å². The van der Waals surface area contributed by atoms with Crippen LogP contribution < -0.4 is 0 Å². The van der Waals surface area contributed by atoms with Gasteiger partial charge in [0.05, 0.1) is 10.1 Å². The molecule has 0 bridgehead atoms. The molecule has 0 amide bonds. The molecule has 0 aromatic carbocycles. The summed E-state index contributed by atoms with van der Waals surface area (Å²) >= 11 is 24.5. The molecule has 0 radical (unpaired) electrons. The second kappa shape index (κ2) is 8.74. The fraction of sp³-hybridized carbons (Fsp3) is 0.200. The van der Waals surface area contributed by atoms with Crippen LogP contribution in [0.4, 0.5) is 0 Å². The van der Waals surface area contributed by atoms with Crippen molar-refractivity contribution < 1.29 is 0 Å². The molecule has 0 heterocycles. The Labute approximate surface area is 192 Å². The molecule has 148 valence electrons. The molecule has 4 atom stereocenters. The van der Waals surface area contributed by atoms with Gasteiger partial charge in [0.25, 0.3) is 0 Å². The minimum Gasteiger partial charge on any atom is -0.0933 e. The molecule has 0 saturated carbocycles. The molecular formula is C25H20Cl4. The highest BCUT2D eigenvalue weighted by atomic mass is 35.5. The van der Waals surface area contributed by atoms with Crippen LogP contribution in [-0.2, 0) is 0 Å². The van der Waals surface area contributed by atoms with Crippen LogP contribution in [-0.4, -0.2) is 0 Å². The van der Waals surface area contributed by atoms with Crippen molar-refractivity contribution in [3.05, 3.63) is 116 Å². The van der Waals surface area contributed by atoms with Crippen molar-refractivity contribution >= 4 is 46.4 Å². The summed E-state index contributed by atoms with van der Waals surface area (Å²) in [6.07, 6.45) is 25.9. The summed E-state index contributed by atoms with van der Waals surface area (Å²) in [5.74, 6) is 0.796. The van der Waals surface area contributed by atoms with Gasteiger partial charge in [0.2, 0.25) is 0 Å². The molecular weight excluding hydrogens is 442 g/mol. The fourth-order valence-corrected chi connectivity index (χ4v) is 4.86. The van der Waals surface area contributed by atoms with Gasteiger partial charge in [-0.3, -0.25) is 0 Å². The van der Waals surface area contributed by atoms with Crippen LogP contribution in [0, 0.1) is 23.7 Å². The van der Waals surface area contributed by atoms with Crippen LogP contribution in [0.5, 0.6) is 0 Å². The standard InChI is InChI=1S/C25H20Cl4/c1-15(27)8-21-10-17-4-5-19-12-23-14-25(29)24(28)13-22(23)11-18(19)3-2-16(17)9-20(21)6-7-26/h2-14,20-23H,1H3/b3-2-,5-4-,7-6+,15-8+. The lowest BCUT2D eigenvalue weighted by Gasteiger charge is -2.28. The van der Waals surface area contributed by atoms with Gasteiger partial charge >= 0.3 is 0 Å². The van der Waals surface area contributed by atoms with Crippen molar-refractivity contribution in [2.24, 2.45) is 23.7 Å². The Bertz CT molecular complexity index is 1020. The van der Waals surface area contributed by atoms with Crippen molar-refractivity contribution in [2.45, 2.75) is 6.92 Å². The average molecular weight is 462 g/mol. The van der Waals surface area contributed by atoms with Crippen molar-refractivity contribution in [3.8, 4) is 0 Å². The Balaban J connectivity index is 1.72. The molecule has 4 unspecified atom stereocenters. The zero-order valence-corrected chi connectivity index (χ0v) is 18.9. The zero-order chi connectivity index (χ0) is 20.5. The lowest BCUT2D eigenvalue weighted by Crippen LogP contribution is -2.16. The third-order valence-corrected chi connectivity index (χ3v) is 6.58. The summed E-state index contributed by atoms with van der Waals surface area (Å²) in [6.45, 7) is 1.90. The summed E-state index contributed by atoms with van der Waals surface area (Å²) in [4.78, 5) is 0. The first-order valence-electron chi connectivity index (χ1n) is 9.54. The van der Waals surface area contributed by atoms with Crippen LogP contribution in [0.2, 0.25) is 0 Å². The van der Waals surface area contributed by atoms with Crippen LogP contribution in [0.25, 0.3) is 0 Å². The molecule has 4 aliphatic rings. The number of hydrogen-bond donors (Lipinski definition) is 0. The lowest BCUT2D eigenvalue weighted by atomic mass is 9.77. The molecule has 4 heteroatoms. The van der Waals surface area contributed by atoms with Gasteiger partial charge in [0.1, 0.15) is 0 Å². The number of fused-ring (bicyclic) bond motifs is 3. The number of rotatable bonds is 2. The van der Waals surface area contributed by atoms with Crippen LogP contribution in [0.15, 0.2) is 116 Å². The van der Waals surface area contributed by atoms with E-state index in [4.69, 9.17) is 46.4 Å². The number of allylic oxidation sites excluding steroid dienone is 19. The Morgan fingerprint density at radius 3 is 1.62 bits per heavy atom. The predicted molar refractivity (Wildman–Crippen MR) is 127 cm³/mol. The molecule has 0 nitrogen and oxygen atoms in total. The van der Waals surface area contributed by atoms with E-state index in [0.29, 0.717) is 10.1 Å². The topological polar surface area (TPSA) is 0 Å². The first kappa shape index (κ1) is 20.8. The molecule has 0 aromatic heterocycles. The molecule has 0 fully saturated rings. The van der Waals surface area contributed by atoms with Gasteiger partial charge in [-0.2, -0.15) is 0 Å². The molecule has 4 rings (SSSR count). The molecule has 0 spiro atoms. The second-order valence-electron chi connectivity index (χ2n) is 7.57. The Morgan fingerprint density at radius 2 is 1.17 bits per heavy atom. The lowest BCUT2D eigenvalue weighted by molar-refractivity contribution is 0.648. The van der Waals surface area contributed by atoms with E-state index in [-0.39, 0.29) is 23.7 Å². The van der Waals surface area contributed by atoms with Gasteiger partial charge in [-0.1, -0.05) is 119 Å². The monoisotopic (exact) mass is 460 g/mol. The molecule has 0 saturated heterocycles. The average Bonchev–Trinajstić information content (AvgIpc) is 2.66. The third-order valence-electron chi connectivity index (χ3n) is 5.55. The van der Waals surface area contributed by atoms with E-state index in [1.165, 1.54) is 22.3 Å². The number of halogens is 4. The first-order valence-corrected chi connectivity index (χ1v) is 11.1. The van der Waals surface area contributed by atoms with Gasteiger partial charge in [-0.25, -0.2) is 0 Å². The third kappa shape index (κ3) is 4.52.